The number of benzene rings is 2. The minimum Gasteiger partial charge on any atom is -0.484 e. The van der Waals surface area contributed by atoms with E-state index in [9.17, 15) is 13.2 Å². The van der Waals surface area contributed by atoms with E-state index in [2.05, 4.69) is 16.9 Å². The summed E-state index contributed by atoms with van der Waals surface area (Å²) in [5.74, 6) is 0.414. The number of nitrogens with zero attached hydrogens (tertiary/aromatic N) is 1. The van der Waals surface area contributed by atoms with Crippen LogP contribution in [0.2, 0.25) is 0 Å². The number of amides is 1. The van der Waals surface area contributed by atoms with Gasteiger partial charge < -0.3 is 9.64 Å². The monoisotopic (exact) mass is 428 g/mol. The van der Waals surface area contributed by atoms with E-state index in [1.165, 1.54) is 29.7 Å². The van der Waals surface area contributed by atoms with Gasteiger partial charge in [0.2, 0.25) is 10.0 Å². The molecule has 0 unspecified atom stereocenters. The number of fused-ring (bicyclic) bond motifs is 1. The molecule has 1 aliphatic carbocycles. The average Bonchev–Trinajstić information content (AvgIpc) is 2.78. The lowest BCUT2D eigenvalue weighted by Gasteiger charge is -2.28. The predicted octanol–water partition coefficient (Wildman–Crippen LogP) is 3.26. The normalized spacial score (nSPS) is 17.4. The number of ether oxygens (including phenoxy) is 1. The zero-order chi connectivity index (χ0) is 21.0. The minimum atomic E-state index is -3.53. The van der Waals surface area contributed by atoms with Crippen molar-refractivity contribution in [2.24, 2.45) is 0 Å². The van der Waals surface area contributed by atoms with E-state index in [-0.39, 0.29) is 23.5 Å². The summed E-state index contributed by atoms with van der Waals surface area (Å²) in [4.78, 5) is 14.5. The van der Waals surface area contributed by atoms with Gasteiger partial charge in [0.05, 0.1) is 4.90 Å². The second kappa shape index (κ2) is 9.18. The molecular weight excluding hydrogens is 400 g/mol. The molecule has 0 bridgehead atoms. The molecule has 2 aromatic carbocycles. The summed E-state index contributed by atoms with van der Waals surface area (Å²) in [6.07, 6.45) is 5.94. The van der Waals surface area contributed by atoms with Crippen LogP contribution in [0.15, 0.2) is 53.4 Å². The van der Waals surface area contributed by atoms with Gasteiger partial charge in [0.25, 0.3) is 5.91 Å². The number of rotatable bonds is 6. The fourth-order valence-electron chi connectivity index (χ4n) is 4.17. The van der Waals surface area contributed by atoms with Gasteiger partial charge >= 0.3 is 0 Å². The van der Waals surface area contributed by atoms with E-state index >= 15 is 0 Å². The fourth-order valence-corrected chi connectivity index (χ4v) is 5.47. The van der Waals surface area contributed by atoms with Crippen molar-refractivity contribution in [3.8, 4) is 5.75 Å². The summed E-state index contributed by atoms with van der Waals surface area (Å²) in [7, 11) is -3.53. The van der Waals surface area contributed by atoms with Crippen LogP contribution in [0.4, 0.5) is 0 Å². The topological polar surface area (TPSA) is 75.7 Å². The van der Waals surface area contributed by atoms with E-state index in [1.807, 2.05) is 12.1 Å². The molecule has 2 aromatic rings. The van der Waals surface area contributed by atoms with Gasteiger partial charge in [-0.05, 0) is 54.7 Å². The molecule has 1 N–H and O–H groups in total. The highest BCUT2D eigenvalue weighted by Gasteiger charge is 2.23. The van der Waals surface area contributed by atoms with E-state index in [4.69, 9.17) is 4.74 Å². The lowest BCUT2D eigenvalue weighted by Crippen LogP contribution is -2.38. The third-order valence-corrected chi connectivity index (χ3v) is 7.44. The Morgan fingerprint density at radius 1 is 1.00 bits per heavy atom. The summed E-state index contributed by atoms with van der Waals surface area (Å²) in [5, 5.41) is 0. The fraction of sp³-hybridized carbons (Fsp3) is 0.435. The van der Waals surface area contributed by atoms with Gasteiger partial charge in [-0.25, -0.2) is 13.1 Å². The van der Waals surface area contributed by atoms with Gasteiger partial charge in [-0.2, -0.15) is 0 Å². The van der Waals surface area contributed by atoms with Crippen molar-refractivity contribution in [2.75, 3.05) is 13.2 Å². The van der Waals surface area contributed by atoms with E-state index in [0.717, 1.165) is 32.1 Å². The highest BCUT2D eigenvalue weighted by atomic mass is 32.2. The number of carbonyl (C=O) groups excluding carboxylic acids is 1. The summed E-state index contributed by atoms with van der Waals surface area (Å²) < 4.78 is 33.6. The Morgan fingerprint density at radius 3 is 2.43 bits per heavy atom. The molecule has 2 aliphatic rings. The summed E-state index contributed by atoms with van der Waals surface area (Å²) >= 11 is 0. The molecule has 0 radical (unpaired) electrons. The van der Waals surface area contributed by atoms with Crippen LogP contribution in [0.1, 0.15) is 43.2 Å². The maximum absolute atomic E-state index is 12.6. The first-order valence-corrected chi connectivity index (χ1v) is 12.1. The van der Waals surface area contributed by atoms with Crippen LogP contribution in [0, 0.1) is 0 Å². The number of sulfonamides is 1. The molecule has 4 rings (SSSR count). The van der Waals surface area contributed by atoms with Gasteiger partial charge in [0, 0.05) is 19.1 Å². The van der Waals surface area contributed by atoms with Crippen molar-refractivity contribution in [3.63, 3.8) is 0 Å². The molecule has 0 saturated heterocycles. The van der Waals surface area contributed by atoms with E-state index < -0.39 is 10.0 Å². The Hall–Kier alpha value is -2.38. The second-order valence-electron chi connectivity index (χ2n) is 8.05. The van der Waals surface area contributed by atoms with Crippen molar-refractivity contribution in [1.29, 1.82) is 0 Å². The van der Waals surface area contributed by atoms with Crippen LogP contribution >= 0.6 is 0 Å². The van der Waals surface area contributed by atoms with Crippen LogP contribution in [-0.4, -0.2) is 38.4 Å². The standard InChI is InChI=1S/C23H28N2O4S/c26-23(25-15-14-18-6-4-5-7-19(18)16-25)17-29-21-10-12-22(13-11-21)30(27,28)24-20-8-2-1-3-9-20/h4-7,10-13,20,24H,1-3,8-9,14-17H2. The Bertz CT molecular complexity index is 983. The highest BCUT2D eigenvalue weighted by Crippen LogP contribution is 2.22. The van der Waals surface area contributed by atoms with Gasteiger partial charge in [-0.3, -0.25) is 4.79 Å². The zero-order valence-corrected chi connectivity index (χ0v) is 17.9. The Labute approximate surface area is 178 Å². The minimum absolute atomic E-state index is 0.0203. The Balaban J connectivity index is 1.31. The summed E-state index contributed by atoms with van der Waals surface area (Å²) in [6.45, 7) is 1.22. The van der Waals surface area contributed by atoms with Crippen molar-refractivity contribution >= 4 is 15.9 Å². The van der Waals surface area contributed by atoms with Crippen LogP contribution in [0.3, 0.4) is 0 Å². The zero-order valence-electron chi connectivity index (χ0n) is 17.0. The van der Waals surface area contributed by atoms with Crippen molar-refractivity contribution in [2.45, 2.75) is 56.0 Å². The molecule has 0 atom stereocenters. The van der Waals surface area contributed by atoms with Crippen molar-refractivity contribution in [3.05, 3.63) is 59.7 Å². The average molecular weight is 429 g/mol. The van der Waals surface area contributed by atoms with Crippen molar-refractivity contribution in [1.82, 2.24) is 9.62 Å². The molecule has 1 fully saturated rings. The Kier molecular flexibility index (Phi) is 6.39. The molecule has 0 spiro atoms. The van der Waals surface area contributed by atoms with Gasteiger partial charge in [-0.1, -0.05) is 43.5 Å². The first-order valence-electron chi connectivity index (χ1n) is 10.6. The molecule has 6 nitrogen and oxygen atoms in total. The molecule has 1 amide bonds. The van der Waals surface area contributed by atoms with Crippen LogP contribution in [-0.2, 0) is 27.8 Å². The Morgan fingerprint density at radius 2 is 1.70 bits per heavy atom. The lowest BCUT2D eigenvalue weighted by molar-refractivity contribution is -0.134. The van der Waals surface area contributed by atoms with Gasteiger partial charge in [-0.15, -0.1) is 0 Å². The number of hydrogen-bond acceptors (Lipinski definition) is 4. The molecule has 1 aliphatic heterocycles. The third kappa shape index (κ3) is 5.02. The predicted molar refractivity (Wildman–Crippen MR) is 115 cm³/mol. The smallest absolute Gasteiger partial charge is 0.260 e. The van der Waals surface area contributed by atoms with Gasteiger partial charge in [0.1, 0.15) is 5.75 Å². The van der Waals surface area contributed by atoms with Crippen LogP contribution in [0.5, 0.6) is 5.75 Å². The highest BCUT2D eigenvalue weighted by molar-refractivity contribution is 7.89. The third-order valence-electron chi connectivity index (χ3n) is 5.91. The SMILES string of the molecule is O=C(COc1ccc(S(=O)(=O)NC2CCCCC2)cc1)N1CCc2ccccc2C1. The maximum Gasteiger partial charge on any atom is 0.260 e. The lowest BCUT2D eigenvalue weighted by atomic mass is 9.96. The summed E-state index contributed by atoms with van der Waals surface area (Å²) in [5.41, 5.74) is 2.47. The largest absolute Gasteiger partial charge is 0.484 e. The molecule has 1 saturated carbocycles. The number of carbonyl (C=O) groups is 1. The molecule has 160 valence electrons. The number of nitrogens with one attached hydrogen (secondary N) is 1. The van der Waals surface area contributed by atoms with E-state index in [0.29, 0.717) is 18.8 Å². The molecule has 30 heavy (non-hydrogen) atoms. The van der Waals surface area contributed by atoms with Gasteiger partial charge in [0.15, 0.2) is 6.61 Å². The quantitative estimate of drug-likeness (QED) is 0.766. The molecule has 7 heteroatoms. The second-order valence-corrected chi connectivity index (χ2v) is 9.76. The molecule has 0 aromatic heterocycles. The maximum atomic E-state index is 12.6. The van der Waals surface area contributed by atoms with Crippen LogP contribution in [0.25, 0.3) is 0 Å². The first-order chi connectivity index (χ1) is 14.5. The van der Waals surface area contributed by atoms with Crippen LogP contribution < -0.4 is 9.46 Å². The molecule has 1 heterocycles. The van der Waals surface area contributed by atoms with E-state index in [1.54, 1.807) is 17.0 Å². The molecular formula is C23H28N2O4S. The first kappa shape index (κ1) is 20.9. The number of hydrogen-bond donors (Lipinski definition) is 1. The summed E-state index contributed by atoms with van der Waals surface area (Å²) in [6, 6.07) is 14.5. The van der Waals surface area contributed by atoms with Crippen molar-refractivity contribution < 1.29 is 17.9 Å².